The number of aromatic nitrogens is 1. The number of carbonyl (C=O) groups is 1. The Morgan fingerprint density at radius 3 is 2.56 bits per heavy atom. The second-order valence-electron chi connectivity index (χ2n) is 8.32. The Labute approximate surface area is 190 Å². The minimum absolute atomic E-state index is 0. The number of nitrogens with one attached hydrogen (secondary N) is 2. The first kappa shape index (κ1) is 22.4. The van der Waals surface area contributed by atoms with Crippen LogP contribution in [0.3, 0.4) is 0 Å². The van der Waals surface area contributed by atoms with Gasteiger partial charge in [-0.15, -0.1) is 12.4 Å². The molecule has 2 aliphatic rings. The van der Waals surface area contributed by atoms with E-state index in [0.29, 0.717) is 41.8 Å². The van der Waals surface area contributed by atoms with Gasteiger partial charge in [0.2, 0.25) is 0 Å². The molecule has 2 aromatic carbocycles. The SMILES string of the molecule is Cl.O=C1OC(CN[C@H]2CC[C@H](c3ccc(F)cc3)CC2)CN1c1ccc2[nH]c(=O)oc2c1. The van der Waals surface area contributed by atoms with Crippen LogP contribution < -0.4 is 16.0 Å². The minimum Gasteiger partial charge on any atom is -0.443 e. The van der Waals surface area contributed by atoms with Crippen LogP contribution in [0.4, 0.5) is 14.9 Å². The van der Waals surface area contributed by atoms with Crippen LogP contribution in [-0.2, 0) is 4.74 Å². The molecule has 1 unspecified atom stereocenters. The van der Waals surface area contributed by atoms with Crippen molar-refractivity contribution >= 4 is 35.3 Å². The molecule has 7 nitrogen and oxygen atoms in total. The van der Waals surface area contributed by atoms with Gasteiger partial charge in [0.25, 0.3) is 0 Å². The van der Waals surface area contributed by atoms with Gasteiger partial charge in [0, 0.05) is 18.7 Å². The van der Waals surface area contributed by atoms with E-state index in [1.165, 1.54) is 17.7 Å². The standard InChI is InChI=1S/C23H24FN3O4.ClH/c24-16-5-1-14(2-6-16)15-3-7-17(8-4-15)25-12-19-13-27(23(29)30-19)18-9-10-20-21(11-18)31-22(28)26-20;/h1-2,5-6,9-11,15,17,19,25H,3-4,7-8,12-13H2,(H,26,28);1H/t15-,17-,19?;. The number of fused-ring (bicyclic) bond motifs is 1. The minimum atomic E-state index is -0.521. The molecule has 0 bridgehead atoms. The van der Waals surface area contributed by atoms with Crippen LogP contribution in [0.15, 0.2) is 51.7 Å². The van der Waals surface area contributed by atoms with Gasteiger partial charge >= 0.3 is 11.8 Å². The quantitative estimate of drug-likeness (QED) is 0.590. The highest BCUT2D eigenvalue weighted by molar-refractivity contribution is 5.92. The molecule has 2 N–H and O–H groups in total. The third-order valence-electron chi connectivity index (χ3n) is 6.29. The van der Waals surface area contributed by atoms with E-state index in [4.69, 9.17) is 9.15 Å². The van der Waals surface area contributed by atoms with E-state index < -0.39 is 11.8 Å². The van der Waals surface area contributed by atoms with Crippen LogP contribution in [0, 0.1) is 5.82 Å². The van der Waals surface area contributed by atoms with Crippen molar-refractivity contribution in [3.8, 4) is 0 Å². The summed E-state index contributed by atoms with van der Waals surface area (Å²) in [5.41, 5.74) is 2.85. The van der Waals surface area contributed by atoms with Crippen molar-refractivity contribution in [2.45, 2.75) is 43.7 Å². The van der Waals surface area contributed by atoms with E-state index in [1.807, 2.05) is 12.1 Å². The molecule has 1 saturated heterocycles. The summed E-state index contributed by atoms with van der Waals surface area (Å²) in [4.78, 5) is 27.8. The Morgan fingerprint density at radius 1 is 1.06 bits per heavy atom. The summed E-state index contributed by atoms with van der Waals surface area (Å²) < 4.78 is 23.7. The molecule has 3 aromatic rings. The van der Waals surface area contributed by atoms with Gasteiger partial charge in [-0.1, -0.05) is 12.1 Å². The molecule has 0 radical (unpaired) electrons. The summed E-state index contributed by atoms with van der Waals surface area (Å²) in [6.07, 6.45) is 3.55. The third-order valence-corrected chi connectivity index (χ3v) is 6.29. The number of hydrogen-bond acceptors (Lipinski definition) is 5. The zero-order chi connectivity index (χ0) is 21.4. The number of anilines is 1. The normalized spacial score (nSPS) is 23.2. The van der Waals surface area contributed by atoms with Crippen LogP contribution >= 0.6 is 12.4 Å². The van der Waals surface area contributed by atoms with Crippen LogP contribution in [0.2, 0.25) is 0 Å². The van der Waals surface area contributed by atoms with Crippen molar-refractivity contribution in [2.75, 3.05) is 18.0 Å². The fourth-order valence-electron chi connectivity index (χ4n) is 4.60. The number of hydrogen-bond donors (Lipinski definition) is 2. The van der Waals surface area contributed by atoms with Gasteiger partial charge in [0.15, 0.2) is 5.58 Å². The number of rotatable bonds is 5. The molecule has 1 aliphatic carbocycles. The molecule has 32 heavy (non-hydrogen) atoms. The number of carbonyl (C=O) groups excluding carboxylic acids is 1. The van der Waals surface area contributed by atoms with Gasteiger partial charge in [0.1, 0.15) is 11.9 Å². The summed E-state index contributed by atoms with van der Waals surface area (Å²) in [5.74, 6) is -0.244. The zero-order valence-electron chi connectivity index (χ0n) is 17.4. The van der Waals surface area contributed by atoms with Crippen LogP contribution in [-0.4, -0.2) is 36.3 Å². The number of aromatic amines is 1. The molecular weight excluding hydrogens is 437 g/mol. The first-order valence-corrected chi connectivity index (χ1v) is 10.6. The van der Waals surface area contributed by atoms with Gasteiger partial charge in [-0.25, -0.2) is 14.0 Å². The van der Waals surface area contributed by atoms with E-state index in [1.54, 1.807) is 23.1 Å². The lowest BCUT2D eigenvalue weighted by Gasteiger charge is -2.30. The maximum atomic E-state index is 13.1. The van der Waals surface area contributed by atoms with Gasteiger partial charge in [-0.3, -0.25) is 9.88 Å². The molecule has 1 amide bonds. The number of H-pyrrole nitrogens is 1. The highest BCUT2D eigenvalue weighted by Gasteiger charge is 2.33. The van der Waals surface area contributed by atoms with Crippen molar-refractivity contribution in [1.29, 1.82) is 0 Å². The predicted molar refractivity (Wildman–Crippen MR) is 121 cm³/mol. The third kappa shape index (κ3) is 4.66. The Hall–Kier alpha value is -2.84. The topological polar surface area (TPSA) is 87.6 Å². The summed E-state index contributed by atoms with van der Waals surface area (Å²) in [5, 5.41) is 3.54. The molecule has 1 aromatic heterocycles. The molecule has 1 atom stereocenters. The van der Waals surface area contributed by atoms with Gasteiger partial charge in [-0.05, 0) is 61.4 Å². The fourth-order valence-corrected chi connectivity index (χ4v) is 4.60. The van der Waals surface area contributed by atoms with Crippen molar-refractivity contribution in [1.82, 2.24) is 10.3 Å². The zero-order valence-corrected chi connectivity index (χ0v) is 18.2. The summed E-state index contributed by atoms with van der Waals surface area (Å²) in [6.45, 7) is 1.03. The average Bonchev–Trinajstić information content (AvgIpc) is 3.33. The Morgan fingerprint density at radius 2 is 1.81 bits per heavy atom. The largest absolute Gasteiger partial charge is 0.443 e. The van der Waals surface area contributed by atoms with Gasteiger partial charge < -0.3 is 14.5 Å². The molecule has 2 fully saturated rings. The van der Waals surface area contributed by atoms with Crippen LogP contribution in [0.5, 0.6) is 0 Å². The Kier molecular flexibility index (Phi) is 6.53. The highest BCUT2D eigenvalue weighted by Crippen LogP contribution is 2.33. The molecule has 5 rings (SSSR count). The smallest absolute Gasteiger partial charge is 0.417 e. The number of cyclic esters (lactones) is 1. The van der Waals surface area contributed by atoms with E-state index in [-0.39, 0.29) is 24.3 Å². The number of nitrogens with zero attached hydrogens (tertiary/aromatic N) is 1. The van der Waals surface area contributed by atoms with E-state index in [9.17, 15) is 14.0 Å². The molecule has 2 heterocycles. The molecule has 170 valence electrons. The number of ether oxygens (including phenoxy) is 1. The predicted octanol–water partition coefficient (Wildman–Crippen LogP) is 4.32. The monoisotopic (exact) mass is 461 g/mol. The van der Waals surface area contributed by atoms with E-state index in [2.05, 4.69) is 10.3 Å². The second kappa shape index (κ2) is 9.34. The summed E-state index contributed by atoms with van der Waals surface area (Å²) >= 11 is 0. The number of benzene rings is 2. The number of oxazole rings is 1. The lowest BCUT2D eigenvalue weighted by molar-refractivity contribution is 0.136. The molecule has 1 aliphatic heterocycles. The summed E-state index contributed by atoms with van der Waals surface area (Å²) in [7, 11) is 0. The Balaban J connectivity index is 0.00000245. The van der Waals surface area contributed by atoms with Crippen LogP contribution in [0.25, 0.3) is 11.1 Å². The lowest BCUT2D eigenvalue weighted by atomic mass is 9.82. The van der Waals surface area contributed by atoms with Gasteiger partial charge in [-0.2, -0.15) is 0 Å². The van der Waals surface area contributed by atoms with E-state index >= 15 is 0 Å². The molecule has 9 heteroatoms. The number of amides is 1. The molecular formula is C23H25ClFN3O4. The molecule has 1 saturated carbocycles. The first-order chi connectivity index (χ1) is 15.0. The lowest BCUT2D eigenvalue weighted by Crippen LogP contribution is -2.39. The maximum absolute atomic E-state index is 13.1. The summed E-state index contributed by atoms with van der Waals surface area (Å²) in [6, 6.07) is 12.4. The van der Waals surface area contributed by atoms with Crippen molar-refractivity contribution < 1.29 is 18.3 Å². The first-order valence-electron chi connectivity index (χ1n) is 10.6. The highest BCUT2D eigenvalue weighted by atomic mass is 35.5. The van der Waals surface area contributed by atoms with Gasteiger partial charge in [0.05, 0.1) is 17.7 Å². The van der Waals surface area contributed by atoms with Crippen molar-refractivity contribution in [2.24, 2.45) is 0 Å². The number of halogens is 2. The van der Waals surface area contributed by atoms with Crippen LogP contribution in [0.1, 0.15) is 37.2 Å². The van der Waals surface area contributed by atoms with Crippen molar-refractivity contribution in [3.63, 3.8) is 0 Å². The Bertz CT molecular complexity index is 1140. The molecule has 0 spiro atoms. The second-order valence-corrected chi connectivity index (χ2v) is 8.32. The average molecular weight is 462 g/mol. The van der Waals surface area contributed by atoms with Crippen molar-refractivity contribution in [3.05, 3.63) is 64.4 Å². The maximum Gasteiger partial charge on any atom is 0.417 e. The van der Waals surface area contributed by atoms with E-state index in [0.717, 1.165) is 25.7 Å². The fraction of sp³-hybridized carbons (Fsp3) is 0.391.